The maximum atomic E-state index is 11.9. The Morgan fingerprint density at radius 2 is 1.55 bits per heavy atom. The van der Waals surface area contributed by atoms with Crippen LogP contribution < -0.4 is 5.32 Å². The fourth-order valence-electron chi connectivity index (χ4n) is 3.36. The molecule has 0 bridgehead atoms. The third-order valence-electron chi connectivity index (χ3n) is 4.83. The summed E-state index contributed by atoms with van der Waals surface area (Å²) >= 11 is 0. The maximum Gasteiger partial charge on any atom is 0.338 e. The minimum Gasteiger partial charge on any atom is -0.462 e. The fraction of sp³-hybridized carbons (Fsp3) is 0.261. The number of carbonyl (C=O) groups is 5. The zero-order chi connectivity index (χ0) is 24.0. The minimum atomic E-state index is -0.593. The molecule has 0 aromatic heterocycles. The fourth-order valence-corrected chi connectivity index (χ4v) is 3.36. The average molecular weight is 454 g/mol. The molecular weight excluding hydrogens is 432 g/mol. The molecule has 0 radical (unpaired) electrons. The third-order valence-corrected chi connectivity index (χ3v) is 4.83. The van der Waals surface area contributed by atoms with Crippen molar-refractivity contribution in [2.24, 2.45) is 0 Å². The molecule has 0 aliphatic carbocycles. The molecular formula is C23H22N2O8. The standard InChI is InChI=1S/C12H13NO4.C11H9NO4/c14-6-8-17-7-5-13-11(15)9-3-1-2-4-10(9)12(13)16;1-2-16-11(15)7-5-3-4-6-8(7)10(14)12-9(6)13/h1-4,14H,5-8H2;3-5H,2H2,1H3,(H,12,13,14). The summed E-state index contributed by atoms with van der Waals surface area (Å²) in [7, 11) is 0. The zero-order valence-corrected chi connectivity index (χ0v) is 17.8. The van der Waals surface area contributed by atoms with Gasteiger partial charge in [-0.1, -0.05) is 18.2 Å². The topological polar surface area (TPSA) is 139 Å². The van der Waals surface area contributed by atoms with Gasteiger partial charge in [-0.2, -0.15) is 0 Å². The van der Waals surface area contributed by atoms with Crippen LogP contribution in [0.2, 0.25) is 0 Å². The van der Waals surface area contributed by atoms with Crippen molar-refractivity contribution in [3.63, 3.8) is 0 Å². The normalized spacial score (nSPS) is 13.8. The molecule has 0 fully saturated rings. The molecule has 0 atom stereocenters. The van der Waals surface area contributed by atoms with Gasteiger partial charge in [0.25, 0.3) is 23.6 Å². The van der Waals surface area contributed by atoms with Gasteiger partial charge in [-0.25, -0.2) is 4.79 Å². The monoisotopic (exact) mass is 454 g/mol. The maximum absolute atomic E-state index is 11.9. The van der Waals surface area contributed by atoms with E-state index in [9.17, 15) is 24.0 Å². The average Bonchev–Trinajstić information content (AvgIpc) is 3.25. The summed E-state index contributed by atoms with van der Waals surface area (Å²) in [5.41, 5.74) is 1.34. The predicted molar refractivity (Wildman–Crippen MR) is 114 cm³/mol. The van der Waals surface area contributed by atoms with Crippen molar-refractivity contribution in [1.82, 2.24) is 10.2 Å². The van der Waals surface area contributed by atoms with Crippen molar-refractivity contribution in [2.45, 2.75) is 6.92 Å². The summed E-state index contributed by atoms with van der Waals surface area (Å²) in [5, 5.41) is 10.7. The van der Waals surface area contributed by atoms with Crippen LogP contribution in [0.15, 0.2) is 42.5 Å². The van der Waals surface area contributed by atoms with E-state index in [0.717, 1.165) is 0 Å². The highest BCUT2D eigenvalue weighted by atomic mass is 16.5. The van der Waals surface area contributed by atoms with Gasteiger partial charge in [-0.15, -0.1) is 0 Å². The number of aliphatic hydroxyl groups is 1. The van der Waals surface area contributed by atoms with Gasteiger partial charge in [0, 0.05) is 0 Å². The first kappa shape index (κ1) is 23.8. The van der Waals surface area contributed by atoms with Crippen LogP contribution in [-0.4, -0.2) is 72.6 Å². The Labute approximate surface area is 189 Å². The molecule has 0 saturated carbocycles. The quantitative estimate of drug-likeness (QED) is 0.359. The smallest absolute Gasteiger partial charge is 0.338 e. The molecule has 172 valence electrons. The summed E-state index contributed by atoms with van der Waals surface area (Å²) in [6.45, 7) is 2.49. The largest absolute Gasteiger partial charge is 0.462 e. The van der Waals surface area contributed by atoms with E-state index in [4.69, 9.17) is 14.6 Å². The molecule has 2 aliphatic heterocycles. The second-order valence-corrected chi connectivity index (χ2v) is 6.88. The van der Waals surface area contributed by atoms with Gasteiger partial charge >= 0.3 is 5.97 Å². The Hall–Kier alpha value is -3.89. The van der Waals surface area contributed by atoms with Crippen LogP contribution in [0.3, 0.4) is 0 Å². The second-order valence-electron chi connectivity index (χ2n) is 6.88. The first-order chi connectivity index (χ1) is 15.9. The van der Waals surface area contributed by atoms with Crippen LogP contribution in [0.4, 0.5) is 0 Å². The van der Waals surface area contributed by atoms with Crippen molar-refractivity contribution in [3.05, 3.63) is 70.3 Å². The molecule has 2 aliphatic rings. The van der Waals surface area contributed by atoms with Crippen LogP contribution in [0.1, 0.15) is 58.7 Å². The molecule has 2 aromatic carbocycles. The van der Waals surface area contributed by atoms with Crippen molar-refractivity contribution >= 4 is 29.6 Å². The molecule has 10 heteroatoms. The summed E-state index contributed by atoms with van der Waals surface area (Å²) in [6, 6.07) is 11.3. The van der Waals surface area contributed by atoms with Gasteiger partial charge in [-0.3, -0.25) is 29.4 Å². The molecule has 2 N–H and O–H groups in total. The van der Waals surface area contributed by atoms with Gasteiger partial charge in [0.15, 0.2) is 0 Å². The Kier molecular flexibility index (Phi) is 7.65. The number of benzene rings is 2. The van der Waals surface area contributed by atoms with Gasteiger partial charge in [-0.05, 0) is 31.2 Å². The number of fused-ring (bicyclic) bond motifs is 2. The van der Waals surface area contributed by atoms with E-state index < -0.39 is 17.8 Å². The Balaban J connectivity index is 0.000000186. The first-order valence-electron chi connectivity index (χ1n) is 10.2. The third kappa shape index (κ3) is 4.97. The number of hydrogen-bond acceptors (Lipinski definition) is 8. The number of ether oxygens (including phenoxy) is 2. The number of nitrogens with zero attached hydrogens (tertiary/aromatic N) is 1. The molecule has 0 spiro atoms. The van der Waals surface area contributed by atoms with E-state index in [2.05, 4.69) is 5.32 Å². The number of hydrogen-bond donors (Lipinski definition) is 2. The second kappa shape index (κ2) is 10.6. The van der Waals surface area contributed by atoms with Crippen molar-refractivity contribution < 1.29 is 38.6 Å². The van der Waals surface area contributed by atoms with Crippen LogP contribution in [-0.2, 0) is 9.47 Å². The van der Waals surface area contributed by atoms with E-state index in [1.54, 1.807) is 37.3 Å². The number of imide groups is 2. The SMILES string of the molecule is CCOC(=O)c1cccc2c1C(=O)NC2=O.O=C1c2ccccc2C(=O)N1CCOCCO. The summed E-state index contributed by atoms with van der Waals surface area (Å²) in [5.74, 6) is -2.18. The van der Waals surface area contributed by atoms with E-state index in [0.29, 0.717) is 11.1 Å². The summed E-state index contributed by atoms with van der Waals surface area (Å²) in [6.07, 6.45) is 0. The lowest BCUT2D eigenvalue weighted by molar-refractivity contribution is 0.0508. The van der Waals surface area contributed by atoms with Crippen molar-refractivity contribution in [3.8, 4) is 0 Å². The highest BCUT2D eigenvalue weighted by Crippen LogP contribution is 2.22. The Morgan fingerprint density at radius 1 is 0.909 bits per heavy atom. The molecule has 10 nitrogen and oxygen atoms in total. The van der Waals surface area contributed by atoms with E-state index >= 15 is 0 Å². The number of amides is 4. The van der Waals surface area contributed by atoms with Crippen LogP contribution in [0.5, 0.6) is 0 Å². The highest BCUT2D eigenvalue weighted by molar-refractivity contribution is 6.24. The minimum absolute atomic E-state index is 0.0673. The van der Waals surface area contributed by atoms with Crippen LogP contribution in [0, 0.1) is 0 Å². The van der Waals surface area contributed by atoms with Gasteiger partial charge in [0.2, 0.25) is 0 Å². The Bertz CT molecular complexity index is 1080. The van der Waals surface area contributed by atoms with Gasteiger partial charge < -0.3 is 14.6 Å². The molecule has 2 heterocycles. The lowest BCUT2D eigenvalue weighted by Crippen LogP contribution is -2.33. The zero-order valence-electron chi connectivity index (χ0n) is 17.8. The van der Waals surface area contributed by atoms with Crippen LogP contribution >= 0.6 is 0 Å². The molecule has 4 amide bonds. The van der Waals surface area contributed by atoms with Crippen LogP contribution in [0.25, 0.3) is 0 Å². The summed E-state index contributed by atoms with van der Waals surface area (Å²) < 4.78 is 9.85. The predicted octanol–water partition coefficient (Wildman–Crippen LogP) is 1.04. The van der Waals surface area contributed by atoms with Gasteiger partial charge in [0.1, 0.15) is 0 Å². The lowest BCUT2D eigenvalue weighted by atomic mass is 10.0. The van der Waals surface area contributed by atoms with E-state index in [1.165, 1.54) is 17.0 Å². The van der Waals surface area contributed by atoms with Crippen molar-refractivity contribution in [1.29, 1.82) is 0 Å². The first-order valence-corrected chi connectivity index (χ1v) is 10.2. The number of rotatable bonds is 7. The van der Waals surface area contributed by atoms with E-state index in [-0.39, 0.29) is 61.5 Å². The molecule has 2 aromatic rings. The van der Waals surface area contributed by atoms with E-state index in [1.807, 2.05) is 0 Å². The molecule has 33 heavy (non-hydrogen) atoms. The number of nitrogens with one attached hydrogen (secondary N) is 1. The number of esters is 1. The molecule has 0 saturated heterocycles. The molecule has 0 unspecified atom stereocenters. The molecule has 4 rings (SSSR count). The lowest BCUT2D eigenvalue weighted by Gasteiger charge is -2.13. The Morgan fingerprint density at radius 3 is 2.15 bits per heavy atom. The highest BCUT2D eigenvalue weighted by Gasteiger charge is 2.34. The number of aliphatic hydroxyl groups excluding tert-OH is 1. The van der Waals surface area contributed by atoms with Gasteiger partial charge in [0.05, 0.1) is 60.8 Å². The summed E-state index contributed by atoms with van der Waals surface area (Å²) in [4.78, 5) is 59.2. The van der Waals surface area contributed by atoms with Crippen molar-refractivity contribution in [2.75, 3.05) is 33.0 Å². The number of carbonyl (C=O) groups excluding carboxylic acids is 5.